The third kappa shape index (κ3) is 2.95. The summed E-state index contributed by atoms with van der Waals surface area (Å²) in [6, 6.07) is 2.19. The summed E-state index contributed by atoms with van der Waals surface area (Å²) in [4.78, 5) is 2.48. The van der Waals surface area contributed by atoms with E-state index in [9.17, 15) is 0 Å². The number of hydrogen-bond acceptors (Lipinski definition) is 4. The SMILES string of the molecule is Cc1c(CN2CCNCC2)cc(Br)c2c1OCCCO2. The van der Waals surface area contributed by atoms with E-state index in [4.69, 9.17) is 9.47 Å². The first-order valence-electron chi connectivity index (χ1n) is 7.26. The molecule has 1 aromatic rings. The van der Waals surface area contributed by atoms with Crippen molar-refractivity contribution in [3.8, 4) is 11.5 Å². The largest absolute Gasteiger partial charge is 0.489 e. The van der Waals surface area contributed by atoms with Gasteiger partial charge in [0.25, 0.3) is 0 Å². The van der Waals surface area contributed by atoms with Crippen LogP contribution in [0.5, 0.6) is 11.5 Å². The van der Waals surface area contributed by atoms with E-state index < -0.39 is 0 Å². The summed E-state index contributed by atoms with van der Waals surface area (Å²) >= 11 is 3.63. The molecular formula is C15H21BrN2O2. The molecule has 0 bridgehead atoms. The quantitative estimate of drug-likeness (QED) is 0.895. The van der Waals surface area contributed by atoms with E-state index in [1.165, 1.54) is 11.1 Å². The lowest BCUT2D eigenvalue weighted by Gasteiger charge is -2.28. The van der Waals surface area contributed by atoms with Crippen molar-refractivity contribution in [1.29, 1.82) is 0 Å². The third-order valence-electron chi connectivity index (χ3n) is 3.93. The second-order valence-corrected chi connectivity index (χ2v) is 6.23. The topological polar surface area (TPSA) is 33.7 Å². The molecule has 4 nitrogen and oxygen atoms in total. The van der Waals surface area contributed by atoms with Gasteiger partial charge in [-0.2, -0.15) is 0 Å². The predicted octanol–water partition coefficient (Wildman–Crippen LogP) is 2.32. The molecule has 2 aliphatic heterocycles. The first-order valence-corrected chi connectivity index (χ1v) is 8.05. The van der Waals surface area contributed by atoms with Gasteiger partial charge in [-0.15, -0.1) is 0 Å². The Morgan fingerprint density at radius 3 is 2.65 bits per heavy atom. The highest BCUT2D eigenvalue weighted by Crippen LogP contribution is 2.41. The number of piperazine rings is 1. The number of halogens is 1. The van der Waals surface area contributed by atoms with E-state index in [0.29, 0.717) is 0 Å². The molecule has 0 aliphatic carbocycles. The van der Waals surface area contributed by atoms with Gasteiger partial charge < -0.3 is 14.8 Å². The summed E-state index contributed by atoms with van der Waals surface area (Å²) in [5.74, 6) is 1.78. The van der Waals surface area contributed by atoms with Gasteiger partial charge in [-0.05, 0) is 40.0 Å². The van der Waals surface area contributed by atoms with Crippen LogP contribution in [-0.4, -0.2) is 44.3 Å². The van der Waals surface area contributed by atoms with Crippen LogP contribution in [-0.2, 0) is 6.54 Å². The summed E-state index contributed by atoms with van der Waals surface area (Å²) in [6.07, 6.45) is 0.938. The van der Waals surface area contributed by atoms with Gasteiger partial charge in [-0.1, -0.05) is 0 Å². The number of fused-ring (bicyclic) bond motifs is 1. The molecule has 0 radical (unpaired) electrons. The van der Waals surface area contributed by atoms with Crippen LogP contribution in [0.25, 0.3) is 0 Å². The molecule has 0 unspecified atom stereocenters. The molecular weight excluding hydrogens is 320 g/mol. The Bertz CT molecular complexity index is 487. The molecule has 3 rings (SSSR count). The van der Waals surface area contributed by atoms with Crippen LogP contribution in [0.3, 0.4) is 0 Å². The average Bonchev–Trinajstić information content (AvgIpc) is 2.72. The van der Waals surface area contributed by atoms with Crippen LogP contribution in [0.2, 0.25) is 0 Å². The summed E-state index contributed by atoms with van der Waals surface area (Å²) in [6.45, 7) is 8.92. The fourth-order valence-electron chi connectivity index (χ4n) is 2.74. The van der Waals surface area contributed by atoms with Gasteiger partial charge in [0, 0.05) is 39.1 Å². The summed E-state index contributed by atoms with van der Waals surface area (Å²) in [5, 5.41) is 3.39. The predicted molar refractivity (Wildman–Crippen MR) is 82.6 cm³/mol. The van der Waals surface area contributed by atoms with Gasteiger partial charge in [0.2, 0.25) is 0 Å². The van der Waals surface area contributed by atoms with Crippen molar-refractivity contribution in [1.82, 2.24) is 10.2 Å². The molecule has 20 heavy (non-hydrogen) atoms. The van der Waals surface area contributed by atoms with E-state index in [2.05, 4.69) is 39.1 Å². The van der Waals surface area contributed by atoms with Crippen molar-refractivity contribution < 1.29 is 9.47 Å². The molecule has 0 saturated carbocycles. The normalized spacial score (nSPS) is 19.7. The Morgan fingerprint density at radius 1 is 1.20 bits per heavy atom. The van der Waals surface area contributed by atoms with E-state index in [-0.39, 0.29) is 0 Å². The molecule has 0 atom stereocenters. The van der Waals surface area contributed by atoms with Gasteiger partial charge in [0.1, 0.15) is 0 Å². The highest BCUT2D eigenvalue weighted by molar-refractivity contribution is 9.10. The molecule has 5 heteroatoms. The van der Waals surface area contributed by atoms with Gasteiger partial charge in [-0.25, -0.2) is 0 Å². The van der Waals surface area contributed by atoms with Crippen molar-refractivity contribution >= 4 is 15.9 Å². The first kappa shape index (κ1) is 14.2. The standard InChI is InChI=1S/C15H21BrN2O2/c1-11-12(10-18-5-3-17-4-6-18)9-13(16)15-14(11)19-7-2-8-20-15/h9,17H,2-8,10H2,1H3. The highest BCUT2D eigenvalue weighted by atomic mass is 79.9. The van der Waals surface area contributed by atoms with Crippen LogP contribution < -0.4 is 14.8 Å². The van der Waals surface area contributed by atoms with Crippen LogP contribution in [0.1, 0.15) is 17.5 Å². The molecule has 2 aliphatic rings. The zero-order valence-corrected chi connectivity index (χ0v) is 13.5. The fourth-order valence-corrected chi connectivity index (χ4v) is 3.31. The maximum absolute atomic E-state index is 5.90. The minimum atomic E-state index is 0.724. The molecule has 0 spiro atoms. The zero-order chi connectivity index (χ0) is 13.9. The van der Waals surface area contributed by atoms with Gasteiger partial charge in [0.05, 0.1) is 17.7 Å². The molecule has 110 valence electrons. The van der Waals surface area contributed by atoms with Crippen molar-refractivity contribution in [3.05, 3.63) is 21.7 Å². The highest BCUT2D eigenvalue weighted by Gasteiger charge is 2.21. The molecule has 1 aromatic carbocycles. The Morgan fingerprint density at radius 2 is 1.90 bits per heavy atom. The average molecular weight is 341 g/mol. The molecule has 1 saturated heterocycles. The smallest absolute Gasteiger partial charge is 0.175 e. The van der Waals surface area contributed by atoms with Crippen LogP contribution in [0, 0.1) is 6.92 Å². The number of benzene rings is 1. The number of ether oxygens (including phenoxy) is 2. The minimum Gasteiger partial charge on any atom is -0.489 e. The zero-order valence-electron chi connectivity index (χ0n) is 11.9. The number of nitrogens with one attached hydrogen (secondary N) is 1. The van der Waals surface area contributed by atoms with Crippen LogP contribution >= 0.6 is 15.9 Å². The van der Waals surface area contributed by atoms with Crippen molar-refractivity contribution in [3.63, 3.8) is 0 Å². The van der Waals surface area contributed by atoms with E-state index >= 15 is 0 Å². The Labute approximate surface area is 128 Å². The van der Waals surface area contributed by atoms with Gasteiger partial charge >= 0.3 is 0 Å². The summed E-state index contributed by atoms with van der Waals surface area (Å²) in [5.41, 5.74) is 2.53. The van der Waals surface area contributed by atoms with Crippen LogP contribution in [0.4, 0.5) is 0 Å². The maximum atomic E-state index is 5.90. The first-order chi connectivity index (χ1) is 9.75. The molecule has 1 N–H and O–H groups in total. The van der Waals surface area contributed by atoms with Crippen molar-refractivity contribution in [2.75, 3.05) is 39.4 Å². The third-order valence-corrected chi connectivity index (χ3v) is 4.52. The summed E-state index contributed by atoms with van der Waals surface area (Å²) < 4.78 is 12.7. The summed E-state index contributed by atoms with van der Waals surface area (Å²) in [7, 11) is 0. The minimum absolute atomic E-state index is 0.724. The monoisotopic (exact) mass is 340 g/mol. The van der Waals surface area contributed by atoms with Gasteiger partial charge in [0.15, 0.2) is 11.5 Å². The Kier molecular flexibility index (Phi) is 4.48. The number of nitrogens with zero attached hydrogens (tertiary/aromatic N) is 1. The second-order valence-electron chi connectivity index (χ2n) is 5.38. The number of hydrogen-bond donors (Lipinski definition) is 1. The van der Waals surface area contributed by atoms with Crippen molar-refractivity contribution in [2.24, 2.45) is 0 Å². The van der Waals surface area contributed by atoms with Crippen molar-refractivity contribution in [2.45, 2.75) is 19.9 Å². The molecule has 1 fully saturated rings. The molecule has 2 heterocycles. The lowest BCUT2D eigenvalue weighted by molar-refractivity contribution is 0.232. The lowest BCUT2D eigenvalue weighted by Crippen LogP contribution is -2.43. The Hall–Kier alpha value is -0.780. The molecule has 0 amide bonds. The van der Waals surface area contributed by atoms with E-state index in [1.54, 1.807) is 0 Å². The van der Waals surface area contributed by atoms with E-state index in [1.807, 2.05) is 0 Å². The number of rotatable bonds is 2. The second kappa shape index (κ2) is 6.33. The molecule has 0 aromatic heterocycles. The fraction of sp³-hybridized carbons (Fsp3) is 0.600. The maximum Gasteiger partial charge on any atom is 0.175 e. The van der Waals surface area contributed by atoms with E-state index in [0.717, 1.165) is 68.3 Å². The van der Waals surface area contributed by atoms with Gasteiger partial charge in [-0.3, -0.25) is 4.90 Å². The van der Waals surface area contributed by atoms with Crippen LogP contribution in [0.15, 0.2) is 10.5 Å². The Balaban J connectivity index is 1.87. The lowest BCUT2D eigenvalue weighted by atomic mass is 10.1.